The average molecular weight is 171 g/mol. The topological polar surface area (TPSA) is 43.1 Å². The Morgan fingerprint density at radius 1 is 1.33 bits per heavy atom. The SMILES string of the molecule is CCC(CN)CC(=O)CC(C)C. The maximum absolute atomic E-state index is 11.3. The third-order valence-electron chi connectivity index (χ3n) is 2.06. The molecule has 0 spiro atoms. The lowest BCUT2D eigenvalue weighted by atomic mass is 9.95. The van der Waals surface area contributed by atoms with Crippen LogP contribution in [0.1, 0.15) is 40.0 Å². The molecule has 0 radical (unpaired) electrons. The fourth-order valence-corrected chi connectivity index (χ4v) is 1.25. The molecule has 0 rings (SSSR count). The third-order valence-corrected chi connectivity index (χ3v) is 2.06. The molecule has 0 saturated carbocycles. The van der Waals surface area contributed by atoms with Crippen molar-refractivity contribution < 1.29 is 4.79 Å². The van der Waals surface area contributed by atoms with E-state index in [0.717, 1.165) is 6.42 Å². The molecule has 0 aliphatic carbocycles. The molecule has 1 unspecified atom stereocenters. The highest BCUT2D eigenvalue weighted by Gasteiger charge is 2.11. The predicted molar refractivity (Wildman–Crippen MR) is 51.9 cm³/mol. The standard InChI is InChI=1S/C10H21NO/c1-4-9(7-11)6-10(12)5-8(2)3/h8-9H,4-7,11H2,1-3H3. The number of Topliss-reactive ketones (excluding diaryl/α,β-unsaturated/α-hetero) is 1. The van der Waals surface area contributed by atoms with Crippen LogP contribution in [-0.2, 0) is 4.79 Å². The Balaban J connectivity index is 3.66. The van der Waals surface area contributed by atoms with Crippen molar-refractivity contribution in [2.75, 3.05) is 6.54 Å². The van der Waals surface area contributed by atoms with E-state index in [1.807, 2.05) is 0 Å². The highest BCUT2D eigenvalue weighted by atomic mass is 16.1. The van der Waals surface area contributed by atoms with Gasteiger partial charge in [-0.05, 0) is 18.4 Å². The largest absolute Gasteiger partial charge is 0.330 e. The maximum Gasteiger partial charge on any atom is 0.133 e. The zero-order valence-electron chi connectivity index (χ0n) is 8.47. The highest BCUT2D eigenvalue weighted by Crippen LogP contribution is 2.11. The first-order chi connectivity index (χ1) is 5.60. The monoisotopic (exact) mass is 171 g/mol. The lowest BCUT2D eigenvalue weighted by molar-refractivity contribution is -0.120. The van der Waals surface area contributed by atoms with Crippen molar-refractivity contribution in [3.8, 4) is 0 Å². The summed E-state index contributed by atoms with van der Waals surface area (Å²) in [5.74, 6) is 1.24. The molecule has 2 heteroatoms. The number of hydrogen-bond acceptors (Lipinski definition) is 2. The van der Waals surface area contributed by atoms with Crippen LogP contribution in [0.2, 0.25) is 0 Å². The zero-order valence-corrected chi connectivity index (χ0v) is 8.47. The van der Waals surface area contributed by atoms with Gasteiger partial charge in [0.25, 0.3) is 0 Å². The molecule has 0 amide bonds. The summed E-state index contributed by atoms with van der Waals surface area (Å²) >= 11 is 0. The molecule has 12 heavy (non-hydrogen) atoms. The Hall–Kier alpha value is -0.370. The van der Waals surface area contributed by atoms with E-state index in [1.54, 1.807) is 0 Å². The summed E-state index contributed by atoms with van der Waals surface area (Å²) in [6, 6.07) is 0. The molecule has 1 atom stereocenters. The van der Waals surface area contributed by atoms with Crippen molar-refractivity contribution in [1.82, 2.24) is 0 Å². The minimum Gasteiger partial charge on any atom is -0.330 e. The molecule has 0 aromatic heterocycles. The first-order valence-electron chi connectivity index (χ1n) is 4.81. The Bertz CT molecular complexity index is 128. The summed E-state index contributed by atoms with van der Waals surface area (Å²) in [5.41, 5.74) is 5.51. The van der Waals surface area contributed by atoms with Gasteiger partial charge in [0.05, 0.1) is 0 Å². The molecule has 0 aliphatic rings. The fourth-order valence-electron chi connectivity index (χ4n) is 1.25. The second-order valence-corrected chi connectivity index (χ2v) is 3.85. The van der Waals surface area contributed by atoms with Crippen LogP contribution in [0.15, 0.2) is 0 Å². The van der Waals surface area contributed by atoms with E-state index in [0.29, 0.717) is 37.0 Å². The maximum atomic E-state index is 11.3. The minimum atomic E-state index is 0.363. The van der Waals surface area contributed by atoms with Crippen molar-refractivity contribution in [2.45, 2.75) is 40.0 Å². The average Bonchev–Trinajstić information content (AvgIpc) is 1.98. The molecule has 72 valence electrons. The number of ketones is 1. The van der Waals surface area contributed by atoms with Crippen LogP contribution in [0.4, 0.5) is 0 Å². The molecule has 0 aliphatic heterocycles. The van der Waals surface area contributed by atoms with E-state index < -0.39 is 0 Å². The van der Waals surface area contributed by atoms with Crippen molar-refractivity contribution >= 4 is 5.78 Å². The lowest BCUT2D eigenvalue weighted by Crippen LogP contribution is -2.18. The Morgan fingerprint density at radius 2 is 1.92 bits per heavy atom. The fraction of sp³-hybridized carbons (Fsp3) is 0.900. The second-order valence-electron chi connectivity index (χ2n) is 3.85. The van der Waals surface area contributed by atoms with E-state index in [-0.39, 0.29) is 0 Å². The van der Waals surface area contributed by atoms with Gasteiger partial charge in [0, 0.05) is 12.8 Å². The number of hydrogen-bond donors (Lipinski definition) is 1. The Morgan fingerprint density at radius 3 is 2.25 bits per heavy atom. The molecule has 0 bridgehead atoms. The van der Waals surface area contributed by atoms with Gasteiger partial charge in [-0.2, -0.15) is 0 Å². The van der Waals surface area contributed by atoms with E-state index in [4.69, 9.17) is 5.73 Å². The molecular formula is C10H21NO. The number of carbonyl (C=O) groups excluding carboxylic acids is 1. The number of carbonyl (C=O) groups is 1. The quantitative estimate of drug-likeness (QED) is 0.664. The summed E-state index contributed by atoms with van der Waals surface area (Å²) in [6.45, 7) is 6.86. The van der Waals surface area contributed by atoms with E-state index >= 15 is 0 Å². The van der Waals surface area contributed by atoms with Crippen LogP contribution in [0.5, 0.6) is 0 Å². The Labute approximate surface area is 75.5 Å². The molecule has 0 heterocycles. The van der Waals surface area contributed by atoms with Crippen molar-refractivity contribution in [1.29, 1.82) is 0 Å². The van der Waals surface area contributed by atoms with Crippen molar-refractivity contribution in [2.24, 2.45) is 17.6 Å². The first kappa shape index (κ1) is 11.6. The lowest BCUT2D eigenvalue weighted by Gasteiger charge is -2.11. The van der Waals surface area contributed by atoms with Crippen LogP contribution < -0.4 is 5.73 Å². The summed E-state index contributed by atoms with van der Waals surface area (Å²) in [7, 11) is 0. The third kappa shape index (κ3) is 5.30. The van der Waals surface area contributed by atoms with Crippen molar-refractivity contribution in [3.63, 3.8) is 0 Å². The van der Waals surface area contributed by atoms with Crippen LogP contribution in [0, 0.1) is 11.8 Å². The number of nitrogens with two attached hydrogens (primary N) is 1. The van der Waals surface area contributed by atoms with E-state index in [9.17, 15) is 4.79 Å². The van der Waals surface area contributed by atoms with Gasteiger partial charge < -0.3 is 5.73 Å². The van der Waals surface area contributed by atoms with Gasteiger partial charge >= 0.3 is 0 Å². The highest BCUT2D eigenvalue weighted by molar-refractivity contribution is 5.78. The smallest absolute Gasteiger partial charge is 0.133 e. The molecule has 2 N–H and O–H groups in total. The minimum absolute atomic E-state index is 0.363. The van der Waals surface area contributed by atoms with E-state index in [1.165, 1.54) is 0 Å². The summed E-state index contributed by atoms with van der Waals surface area (Å²) in [4.78, 5) is 11.3. The van der Waals surface area contributed by atoms with Gasteiger partial charge in [0.15, 0.2) is 0 Å². The molecule has 2 nitrogen and oxygen atoms in total. The normalized spacial score (nSPS) is 13.4. The van der Waals surface area contributed by atoms with Gasteiger partial charge in [-0.3, -0.25) is 4.79 Å². The first-order valence-corrected chi connectivity index (χ1v) is 4.81. The zero-order chi connectivity index (χ0) is 9.56. The second kappa shape index (κ2) is 6.18. The van der Waals surface area contributed by atoms with Gasteiger partial charge in [0.1, 0.15) is 5.78 Å². The van der Waals surface area contributed by atoms with Gasteiger partial charge in [0.2, 0.25) is 0 Å². The summed E-state index contributed by atoms with van der Waals surface area (Å²) in [6.07, 6.45) is 2.39. The molecular weight excluding hydrogens is 150 g/mol. The van der Waals surface area contributed by atoms with Crippen LogP contribution in [0.25, 0.3) is 0 Å². The molecule has 0 aromatic carbocycles. The van der Waals surface area contributed by atoms with Gasteiger partial charge in [-0.15, -0.1) is 0 Å². The van der Waals surface area contributed by atoms with Gasteiger partial charge in [-0.1, -0.05) is 27.2 Å². The Kier molecular flexibility index (Phi) is 5.99. The predicted octanol–water partition coefficient (Wildman–Crippen LogP) is 1.98. The van der Waals surface area contributed by atoms with Crippen LogP contribution in [0.3, 0.4) is 0 Å². The van der Waals surface area contributed by atoms with Crippen LogP contribution >= 0.6 is 0 Å². The molecule has 0 saturated heterocycles. The van der Waals surface area contributed by atoms with Gasteiger partial charge in [-0.25, -0.2) is 0 Å². The summed E-state index contributed by atoms with van der Waals surface area (Å²) in [5, 5.41) is 0. The van der Waals surface area contributed by atoms with Crippen molar-refractivity contribution in [3.05, 3.63) is 0 Å². The molecule has 0 aromatic rings. The van der Waals surface area contributed by atoms with E-state index in [2.05, 4.69) is 20.8 Å². The van der Waals surface area contributed by atoms with Crippen LogP contribution in [-0.4, -0.2) is 12.3 Å². The summed E-state index contributed by atoms with van der Waals surface area (Å²) < 4.78 is 0. The number of rotatable bonds is 6. The molecule has 0 fully saturated rings.